The standard InChI is InChI=1S/C24H28Cl2N4O3/c1-24(2)13-33-16(12-30(24)3)7-8-32-22-11-20-17(10-21(22)31-4)23(28-14-27-20)29-15-5-6-18(25)19(26)9-15/h5-6,9-11,14,16H,7-8,12-13H2,1-4H3,(H,27,28,29). The summed E-state index contributed by atoms with van der Waals surface area (Å²) in [6.07, 6.45) is 2.43. The first-order valence-corrected chi connectivity index (χ1v) is 11.5. The number of ether oxygens (including phenoxy) is 3. The van der Waals surface area contributed by atoms with E-state index in [4.69, 9.17) is 37.4 Å². The molecule has 2 aromatic carbocycles. The molecule has 1 fully saturated rings. The van der Waals surface area contributed by atoms with E-state index in [0.29, 0.717) is 40.6 Å². The summed E-state index contributed by atoms with van der Waals surface area (Å²) < 4.78 is 17.7. The summed E-state index contributed by atoms with van der Waals surface area (Å²) in [5, 5.41) is 5.02. The van der Waals surface area contributed by atoms with Crippen molar-refractivity contribution in [3.8, 4) is 11.5 Å². The molecule has 1 atom stereocenters. The molecule has 2 heterocycles. The van der Waals surface area contributed by atoms with Gasteiger partial charge in [0.25, 0.3) is 0 Å². The zero-order chi connectivity index (χ0) is 23.6. The van der Waals surface area contributed by atoms with Gasteiger partial charge in [-0.1, -0.05) is 23.2 Å². The maximum Gasteiger partial charge on any atom is 0.163 e. The normalized spacial score (nSPS) is 18.3. The summed E-state index contributed by atoms with van der Waals surface area (Å²) in [6.45, 7) is 6.47. The Morgan fingerprint density at radius 2 is 1.97 bits per heavy atom. The quantitative estimate of drug-likeness (QED) is 0.464. The molecule has 33 heavy (non-hydrogen) atoms. The van der Waals surface area contributed by atoms with Gasteiger partial charge in [-0.05, 0) is 45.2 Å². The monoisotopic (exact) mass is 490 g/mol. The summed E-state index contributed by atoms with van der Waals surface area (Å²) in [5.41, 5.74) is 1.56. The van der Waals surface area contributed by atoms with E-state index < -0.39 is 0 Å². The van der Waals surface area contributed by atoms with E-state index in [0.717, 1.165) is 29.6 Å². The SMILES string of the molecule is COc1cc2c(Nc3ccc(Cl)c(Cl)c3)ncnc2cc1OCCC1CN(C)C(C)(C)CO1. The van der Waals surface area contributed by atoms with Crippen LogP contribution >= 0.6 is 23.2 Å². The van der Waals surface area contributed by atoms with Gasteiger partial charge in [0.05, 0.1) is 42.0 Å². The maximum absolute atomic E-state index is 6.14. The van der Waals surface area contributed by atoms with E-state index >= 15 is 0 Å². The Labute approximate surface area is 204 Å². The number of hydrogen-bond acceptors (Lipinski definition) is 7. The lowest BCUT2D eigenvalue weighted by atomic mass is 10.0. The number of nitrogens with one attached hydrogen (secondary N) is 1. The Kier molecular flexibility index (Phi) is 7.14. The number of nitrogens with zero attached hydrogens (tertiary/aromatic N) is 3. The van der Waals surface area contributed by atoms with Crippen molar-refractivity contribution >= 4 is 45.6 Å². The van der Waals surface area contributed by atoms with Crippen molar-refractivity contribution in [2.24, 2.45) is 0 Å². The van der Waals surface area contributed by atoms with E-state index in [1.54, 1.807) is 19.2 Å². The minimum absolute atomic E-state index is 0.0573. The highest BCUT2D eigenvalue weighted by atomic mass is 35.5. The Hall–Kier alpha value is -2.32. The lowest BCUT2D eigenvalue weighted by Gasteiger charge is -2.43. The molecular weight excluding hydrogens is 463 g/mol. The Bertz CT molecular complexity index is 1140. The highest BCUT2D eigenvalue weighted by molar-refractivity contribution is 6.42. The van der Waals surface area contributed by atoms with Crippen LogP contribution in [0.4, 0.5) is 11.5 Å². The molecule has 0 spiro atoms. The lowest BCUT2D eigenvalue weighted by Crippen LogP contribution is -2.54. The van der Waals surface area contributed by atoms with Crippen LogP contribution in [0.15, 0.2) is 36.7 Å². The lowest BCUT2D eigenvalue weighted by molar-refractivity contribution is -0.0930. The second-order valence-corrected chi connectivity index (χ2v) is 9.57. The van der Waals surface area contributed by atoms with Crippen molar-refractivity contribution in [1.29, 1.82) is 0 Å². The Morgan fingerprint density at radius 3 is 2.70 bits per heavy atom. The van der Waals surface area contributed by atoms with E-state index in [1.165, 1.54) is 6.33 Å². The molecule has 1 N–H and O–H groups in total. The fourth-order valence-corrected chi connectivity index (χ4v) is 3.96. The molecule has 7 nitrogen and oxygen atoms in total. The molecule has 0 radical (unpaired) electrons. The number of anilines is 2. The smallest absolute Gasteiger partial charge is 0.163 e. The number of aromatic nitrogens is 2. The van der Waals surface area contributed by atoms with Gasteiger partial charge in [0.15, 0.2) is 11.5 Å². The molecule has 0 saturated carbocycles. The first kappa shape index (κ1) is 23.8. The van der Waals surface area contributed by atoms with Crippen molar-refractivity contribution in [3.05, 3.63) is 46.7 Å². The second kappa shape index (κ2) is 9.89. The van der Waals surface area contributed by atoms with E-state index in [9.17, 15) is 0 Å². The molecular formula is C24H28Cl2N4O3. The fraction of sp³-hybridized carbons (Fsp3) is 0.417. The van der Waals surface area contributed by atoms with Crippen LogP contribution in [0.2, 0.25) is 10.0 Å². The van der Waals surface area contributed by atoms with Crippen molar-refractivity contribution in [1.82, 2.24) is 14.9 Å². The Balaban J connectivity index is 1.49. The average molecular weight is 491 g/mol. The van der Waals surface area contributed by atoms with Gasteiger partial charge in [-0.25, -0.2) is 9.97 Å². The van der Waals surface area contributed by atoms with Crippen LogP contribution in [0.25, 0.3) is 10.9 Å². The minimum atomic E-state index is 0.0573. The minimum Gasteiger partial charge on any atom is -0.493 e. The number of fused-ring (bicyclic) bond motifs is 1. The number of benzene rings is 2. The van der Waals surface area contributed by atoms with Gasteiger partial charge in [0, 0.05) is 35.6 Å². The molecule has 1 aliphatic heterocycles. The fourth-order valence-electron chi connectivity index (χ4n) is 3.66. The van der Waals surface area contributed by atoms with Crippen molar-refractivity contribution in [2.75, 3.05) is 39.2 Å². The first-order chi connectivity index (χ1) is 15.8. The zero-order valence-corrected chi connectivity index (χ0v) is 20.7. The van der Waals surface area contributed by atoms with Crippen LogP contribution in [-0.4, -0.2) is 60.4 Å². The molecule has 4 rings (SSSR count). The van der Waals surface area contributed by atoms with Gasteiger partial charge in [0.1, 0.15) is 12.1 Å². The van der Waals surface area contributed by atoms with Gasteiger partial charge < -0.3 is 19.5 Å². The van der Waals surface area contributed by atoms with Crippen LogP contribution in [0.1, 0.15) is 20.3 Å². The molecule has 0 bridgehead atoms. The van der Waals surface area contributed by atoms with Crippen LogP contribution < -0.4 is 14.8 Å². The number of hydrogen-bond donors (Lipinski definition) is 1. The number of methoxy groups -OCH3 is 1. The van der Waals surface area contributed by atoms with Gasteiger partial charge >= 0.3 is 0 Å². The summed E-state index contributed by atoms with van der Waals surface area (Å²) >= 11 is 12.2. The van der Waals surface area contributed by atoms with Gasteiger partial charge in [-0.15, -0.1) is 0 Å². The van der Waals surface area contributed by atoms with Gasteiger partial charge in [0.2, 0.25) is 0 Å². The summed E-state index contributed by atoms with van der Waals surface area (Å²) in [6, 6.07) is 9.06. The second-order valence-electron chi connectivity index (χ2n) is 8.76. The predicted molar refractivity (Wildman–Crippen MR) is 132 cm³/mol. The molecule has 0 amide bonds. The average Bonchev–Trinajstić information content (AvgIpc) is 2.78. The van der Waals surface area contributed by atoms with Crippen molar-refractivity contribution in [2.45, 2.75) is 31.9 Å². The van der Waals surface area contributed by atoms with E-state index in [-0.39, 0.29) is 11.6 Å². The number of morpholine rings is 1. The van der Waals surface area contributed by atoms with Crippen LogP contribution in [0, 0.1) is 0 Å². The van der Waals surface area contributed by atoms with Crippen molar-refractivity contribution < 1.29 is 14.2 Å². The third-order valence-corrected chi connectivity index (χ3v) is 6.72. The van der Waals surface area contributed by atoms with E-state index in [2.05, 4.69) is 41.1 Å². The number of rotatable bonds is 7. The highest BCUT2D eigenvalue weighted by Gasteiger charge is 2.32. The summed E-state index contributed by atoms with van der Waals surface area (Å²) in [5.74, 6) is 1.87. The number of halogens is 2. The largest absolute Gasteiger partial charge is 0.493 e. The van der Waals surface area contributed by atoms with Crippen LogP contribution in [0.3, 0.4) is 0 Å². The Morgan fingerprint density at radius 1 is 1.15 bits per heavy atom. The maximum atomic E-state index is 6.14. The summed E-state index contributed by atoms with van der Waals surface area (Å²) in [7, 11) is 3.75. The van der Waals surface area contributed by atoms with E-state index in [1.807, 2.05) is 18.2 Å². The van der Waals surface area contributed by atoms with Crippen LogP contribution in [-0.2, 0) is 4.74 Å². The molecule has 1 aliphatic rings. The zero-order valence-electron chi connectivity index (χ0n) is 19.2. The topological polar surface area (TPSA) is 68.7 Å². The third kappa shape index (κ3) is 5.44. The highest BCUT2D eigenvalue weighted by Crippen LogP contribution is 2.35. The number of likely N-dealkylation sites (N-methyl/N-ethyl adjacent to an activating group) is 1. The third-order valence-electron chi connectivity index (χ3n) is 5.98. The summed E-state index contributed by atoms with van der Waals surface area (Å²) in [4.78, 5) is 11.1. The molecule has 1 saturated heterocycles. The molecule has 0 aliphatic carbocycles. The first-order valence-electron chi connectivity index (χ1n) is 10.8. The predicted octanol–water partition coefficient (Wildman–Crippen LogP) is 5.57. The van der Waals surface area contributed by atoms with Gasteiger partial charge in [-0.2, -0.15) is 0 Å². The van der Waals surface area contributed by atoms with Gasteiger partial charge in [-0.3, -0.25) is 4.90 Å². The molecule has 9 heteroatoms. The molecule has 3 aromatic rings. The molecule has 1 unspecified atom stereocenters. The van der Waals surface area contributed by atoms with Crippen LogP contribution in [0.5, 0.6) is 11.5 Å². The molecule has 176 valence electrons. The van der Waals surface area contributed by atoms with Crippen molar-refractivity contribution in [3.63, 3.8) is 0 Å². The molecule has 1 aromatic heterocycles.